The fraction of sp³-hybridized carbons (Fsp3) is 0.385. The zero-order valence-electron chi connectivity index (χ0n) is 10.5. The van der Waals surface area contributed by atoms with Gasteiger partial charge < -0.3 is 15.2 Å². The fourth-order valence-electron chi connectivity index (χ4n) is 1.55. The maximum absolute atomic E-state index is 11.3. The average molecular weight is 251 g/mol. The van der Waals surface area contributed by atoms with Crippen molar-refractivity contribution in [2.45, 2.75) is 25.8 Å². The molecular weight excluding hydrogens is 234 g/mol. The molecule has 1 atom stereocenters. The Hall–Kier alpha value is -2.04. The van der Waals surface area contributed by atoms with E-state index in [0.717, 1.165) is 5.69 Å². The first-order valence-corrected chi connectivity index (χ1v) is 5.69. The molecule has 1 rings (SSSR count). The van der Waals surface area contributed by atoms with E-state index in [2.05, 4.69) is 10.1 Å². The second kappa shape index (κ2) is 6.64. The molecule has 0 amide bonds. The van der Waals surface area contributed by atoms with Crippen molar-refractivity contribution >= 4 is 17.6 Å². The van der Waals surface area contributed by atoms with Crippen LogP contribution in [0.25, 0.3) is 0 Å². The number of carbonyl (C=O) groups excluding carboxylic acids is 1. The highest BCUT2D eigenvalue weighted by atomic mass is 16.5. The summed E-state index contributed by atoms with van der Waals surface area (Å²) in [5.74, 6) is -1.20. The summed E-state index contributed by atoms with van der Waals surface area (Å²) in [6.45, 7) is 1.90. The molecular formula is C13H17NO4. The van der Waals surface area contributed by atoms with Crippen molar-refractivity contribution in [1.29, 1.82) is 0 Å². The van der Waals surface area contributed by atoms with Gasteiger partial charge in [0.1, 0.15) is 0 Å². The second-order valence-corrected chi connectivity index (χ2v) is 4.05. The van der Waals surface area contributed by atoms with Crippen LogP contribution in [0.2, 0.25) is 0 Å². The number of benzene rings is 1. The molecule has 1 aromatic rings. The van der Waals surface area contributed by atoms with E-state index in [9.17, 15) is 9.59 Å². The average Bonchev–Trinajstić information content (AvgIpc) is 2.35. The topological polar surface area (TPSA) is 75.6 Å². The summed E-state index contributed by atoms with van der Waals surface area (Å²) in [6, 6.07) is 6.94. The lowest BCUT2D eigenvalue weighted by Gasteiger charge is -2.14. The third-order valence-corrected chi connectivity index (χ3v) is 2.49. The molecule has 0 bridgehead atoms. The number of rotatable bonds is 6. The maximum atomic E-state index is 11.3. The molecule has 0 spiro atoms. The minimum Gasteiger partial charge on any atom is -0.481 e. The van der Waals surface area contributed by atoms with Crippen molar-refractivity contribution in [2.24, 2.45) is 0 Å². The Morgan fingerprint density at radius 3 is 2.78 bits per heavy atom. The number of methoxy groups -OCH3 is 1. The van der Waals surface area contributed by atoms with Crippen LogP contribution in [0, 0.1) is 0 Å². The number of esters is 1. The highest BCUT2D eigenvalue weighted by Gasteiger charge is 2.08. The molecule has 0 aromatic heterocycles. The van der Waals surface area contributed by atoms with Crippen LogP contribution < -0.4 is 5.32 Å². The molecule has 0 aliphatic carbocycles. The normalized spacial score (nSPS) is 11.7. The summed E-state index contributed by atoms with van der Waals surface area (Å²) >= 11 is 0. The summed E-state index contributed by atoms with van der Waals surface area (Å²) in [5, 5.41) is 11.7. The van der Waals surface area contributed by atoms with E-state index in [1.165, 1.54) is 7.11 Å². The van der Waals surface area contributed by atoms with Crippen LogP contribution in [0.5, 0.6) is 0 Å². The zero-order chi connectivity index (χ0) is 13.5. The van der Waals surface area contributed by atoms with Gasteiger partial charge in [-0.25, -0.2) is 4.79 Å². The van der Waals surface area contributed by atoms with E-state index in [4.69, 9.17) is 5.11 Å². The van der Waals surface area contributed by atoms with Crippen LogP contribution >= 0.6 is 0 Å². The Balaban J connectivity index is 2.61. The molecule has 0 heterocycles. The van der Waals surface area contributed by atoms with Crippen molar-refractivity contribution in [3.8, 4) is 0 Å². The quantitative estimate of drug-likeness (QED) is 0.757. The van der Waals surface area contributed by atoms with Gasteiger partial charge in [0.05, 0.1) is 12.7 Å². The van der Waals surface area contributed by atoms with Crippen molar-refractivity contribution in [2.75, 3.05) is 12.4 Å². The van der Waals surface area contributed by atoms with Gasteiger partial charge in [0, 0.05) is 18.2 Å². The minimum atomic E-state index is -0.813. The van der Waals surface area contributed by atoms with E-state index in [-0.39, 0.29) is 12.5 Å². The van der Waals surface area contributed by atoms with E-state index in [1.54, 1.807) is 18.2 Å². The first-order chi connectivity index (χ1) is 8.52. The van der Waals surface area contributed by atoms with Gasteiger partial charge in [-0.2, -0.15) is 0 Å². The van der Waals surface area contributed by atoms with E-state index in [1.807, 2.05) is 13.0 Å². The first kappa shape index (κ1) is 14.0. The smallest absolute Gasteiger partial charge is 0.337 e. The first-order valence-electron chi connectivity index (χ1n) is 5.69. The van der Waals surface area contributed by atoms with Gasteiger partial charge in [-0.15, -0.1) is 0 Å². The molecule has 0 saturated heterocycles. The summed E-state index contributed by atoms with van der Waals surface area (Å²) in [6.07, 6.45) is 0.642. The Bertz CT molecular complexity index is 431. The Morgan fingerprint density at radius 2 is 2.17 bits per heavy atom. The molecule has 0 aliphatic rings. The van der Waals surface area contributed by atoms with Crippen LogP contribution in [0.3, 0.4) is 0 Å². The largest absolute Gasteiger partial charge is 0.481 e. The molecule has 0 saturated carbocycles. The number of anilines is 1. The molecule has 18 heavy (non-hydrogen) atoms. The number of carbonyl (C=O) groups is 2. The highest BCUT2D eigenvalue weighted by molar-refractivity contribution is 5.90. The van der Waals surface area contributed by atoms with Crippen molar-refractivity contribution in [3.05, 3.63) is 29.8 Å². The van der Waals surface area contributed by atoms with E-state index >= 15 is 0 Å². The van der Waals surface area contributed by atoms with Gasteiger partial charge in [0.15, 0.2) is 0 Å². The summed E-state index contributed by atoms with van der Waals surface area (Å²) < 4.78 is 4.63. The molecule has 2 N–H and O–H groups in total. The predicted molar refractivity (Wildman–Crippen MR) is 67.7 cm³/mol. The number of hydrogen-bond acceptors (Lipinski definition) is 4. The van der Waals surface area contributed by atoms with Gasteiger partial charge in [0.25, 0.3) is 0 Å². The number of aliphatic carboxylic acids is 1. The zero-order valence-corrected chi connectivity index (χ0v) is 10.5. The van der Waals surface area contributed by atoms with Crippen LogP contribution in [-0.4, -0.2) is 30.2 Å². The third-order valence-electron chi connectivity index (χ3n) is 2.49. The lowest BCUT2D eigenvalue weighted by atomic mass is 10.1. The van der Waals surface area contributed by atoms with Gasteiger partial charge in [-0.3, -0.25) is 4.79 Å². The van der Waals surface area contributed by atoms with Crippen molar-refractivity contribution in [3.63, 3.8) is 0 Å². The van der Waals surface area contributed by atoms with Crippen molar-refractivity contribution in [1.82, 2.24) is 0 Å². The standard InChI is InChI=1S/C13H17NO4/c1-9(6-7-12(15)16)14-11-5-3-4-10(8-11)13(17)18-2/h3-5,8-9,14H,6-7H2,1-2H3,(H,15,16). The SMILES string of the molecule is COC(=O)c1cccc(NC(C)CCC(=O)O)c1. The van der Waals surface area contributed by atoms with Crippen molar-refractivity contribution < 1.29 is 19.4 Å². The van der Waals surface area contributed by atoms with Crippen LogP contribution in [0.4, 0.5) is 5.69 Å². The van der Waals surface area contributed by atoms with Crippen LogP contribution in [0.1, 0.15) is 30.1 Å². The second-order valence-electron chi connectivity index (χ2n) is 4.05. The van der Waals surface area contributed by atoms with Gasteiger partial charge in [-0.1, -0.05) is 6.07 Å². The molecule has 0 fully saturated rings. The molecule has 5 heteroatoms. The number of carboxylic acid groups (broad SMARTS) is 1. The Labute approximate surface area is 106 Å². The number of ether oxygens (including phenoxy) is 1. The lowest BCUT2D eigenvalue weighted by molar-refractivity contribution is -0.137. The third kappa shape index (κ3) is 4.45. The van der Waals surface area contributed by atoms with Crippen LogP contribution in [0.15, 0.2) is 24.3 Å². The van der Waals surface area contributed by atoms with E-state index < -0.39 is 11.9 Å². The summed E-state index contributed by atoms with van der Waals surface area (Å²) in [7, 11) is 1.33. The van der Waals surface area contributed by atoms with Gasteiger partial charge >= 0.3 is 11.9 Å². The molecule has 5 nitrogen and oxygen atoms in total. The maximum Gasteiger partial charge on any atom is 0.337 e. The molecule has 0 aliphatic heterocycles. The van der Waals surface area contributed by atoms with Crippen LogP contribution in [-0.2, 0) is 9.53 Å². The number of hydrogen-bond donors (Lipinski definition) is 2. The minimum absolute atomic E-state index is 0.0222. The van der Waals surface area contributed by atoms with Gasteiger partial charge in [0.2, 0.25) is 0 Å². The molecule has 1 aromatic carbocycles. The molecule has 1 unspecified atom stereocenters. The lowest BCUT2D eigenvalue weighted by Crippen LogP contribution is -2.17. The molecule has 98 valence electrons. The highest BCUT2D eigenvalue weighted by Crippen LogP contribution is 2.14. The predicted octanol–water partition coefficient (Wildman–Crippen LogP) is 2.14. The summed E-state index contributed by atoms with van der Waals surface area (Å²) in [4.78, 5) is 21.8. The molecule has 0 radical (unpaired) electrons. The number of carboxylic acids is 1. The monoisotopic (exact) mass is 251 g/mol. The van der Waals surface area contributed by atoms with E-state index in [0.29, 0.717) is 12.0 Å². The Morgan fingerprint density at radius 1 is 1.44 bits per heavy atom. The fourth-order valence-corrected chi connectivity index (χ4v) is 1.55. The van der Waals surface area contributed by atoms with Gasteiger partial charge in [-0.05, 0) is 31.5 Å². The number of nitrogens with one attached hydrogen (secondary N) is 1. The Kier molecular flexibility index (Phi) is 5.17. The summed E-state index contributed by atoms with van der Waals surface area (Å²) in [5.41, 5.74) is 1.24.